The summed E-state index contributed by atoms with van der Waals surface area (Å²) >= 11 is 0. The van der Waals surface area contributed by atoms with Gasteiger partial charge in [-0.15, -0.1) is 0 Å². The van der Waals surface area contributed by atoms with Gasteiger partial charge >= 0.3 is 0 Å². The van der Waals surface area contributed by atoms with Crippen molar-refractivity contribution in [1.82, 2.24) is 4.90 Å². The van der Waals surface area contributed by atoms with Crippen LogP contribution >= 0.6 is 0 Å². The quantitative estimate of drug-likeness (QED) is 0.684. The van der Waals surface area contributed by atoms with Gasteiger partial charge in [0, 0.05) is 19.7 Å². The second-order valence-electron chi connectivity index (χ2n) is 4.62. The Balaban J connectivity index is 2.21. The van der Waals surface area contributed by atoms with E-state index in [0.29, 0.717) is 6.61 Å². The topological polar surface area (TPSA) is 32.7 Å². The van der Waals surface area contributed by atoms with E-state index in [1.165, 1.54) is 6.42 Å². The molecule has 1 aliphatic heterocycles. The fraction of sp³-hybridized carbons (Fsp3) is 1.00. The lowest BCUT2D eigenvalue weighted by Crippen LogP contribution is -2.47. The summed E-state index contributed by atoms with van der Waals surface area (Å²) in [5.74, 6) is 0. The van der Waals surface area contributed by atoms with Crippen LogP contribution in [0.3, 0.4) is 0 Å². The number of aliphatic hydroxyl groups is 1. The van der Waals surface area contributed by atoms with E-state index < -0.39 is 5.60 Å². The van der Waals surface area contributed by atoms with Crippen molar-refractivity contribution in [3.8, 4) is 0 Å². The molecule has 0 bridgehead atoms. The average Bonchev–Trinajstić information content (AvgIpc) is 2.23. The van der Waals surface area contributed by atoms with Crippen LogP contribution in [0.25, 0.3) is 0 Å². The standard InChI is InChI=1S/C12H25NO2/c1-3-7-13-8-5-12(14,6-9-13)11-15-10-4-2/h14H,3-11H2,1-2H3. The maximum Gasteiger partial charge on any atom is 0.0904 e. The molecule has 0 radical (unpaired) electrons. The maximum atomic E-state index is 10.2. The molecule has 0 unspecified atom stereocenters. The molecule has 3 heteroatoms. The summed E-state index contributed by atoms with van der Waals surface area (Å²) in [6, 6.07) is 0. The maximum absolute atomic E-state index is 10.2. The van der Waals surface area contributed by atoms with E-state index in [1.807, 2.05) is 0 Å². The van der Waals surface area contributed by atoms with Crippen molar-refractivity contribution in [1.29, 1.82) is 0 Å². The van der Waals surface area contributed by atoms with Crippen molar-refractivity contribution >= 4 is 0 Å². The van der Waals surface area contributed by atoms with Crippen LogP contribution in [0, 0.1) is 0 Å². The number of piperidine rings is 1. The summed E-state index contributed by atoms with van der Waals surface area (Å²) in [5.41, 5.74) is -0.556. The molecule has 1 rings (SSSR count). The fourth-order valence-electron chi connectivity index (χ4n) is 2.06. The highest BCUT2D eigenvalue weighted by molar-refractivity contribution is 4.85. The minimum absolute atomic E-state index is 0.515. The van der Waals surface area contributed by atoms with Crippen LogP contribution < -0.4 is 0 Å². The molecule has 0 amide bonds. The largest absolute Gasteiger partial charge is 0.387 e. The first-order valence-electron chi connectivity index (χ1n) is 6.22. The number of likely N-dealkylation sites (tertiary alicyclic amines) is 1. The first-order chi connectivity index (χ1) is 7.20. The second kappa shape index (κ2) is 6.46. The third-order valence-corrected chi connectivity index (χ3v) is 3.05. The first kappa shape index (κ1) is 12.9. The minimum atomic E-state index is -0.556. The van der Waals surface area contributed by atoms with Crippen molar-refractivity contribution in [2.24, 2.45) is 0 Å². The summed E-state index contributed by atoms with van der Waals surface area (Å²) < 4.78 is 5.45. The summed E-state index contributed by atoms with van der Waals surface area (Å²) in [7, 11) is 0. The molecule has 0 spiro atoms. The van der Waals surface area contributed by atoms with Crippen LogP contribution in [0.15, 0.2) is 0 Å². The Labute approximate surface area is 93.4 Å². The minimum Gasteiger partial charge on any atom is -0.387 e. The van der Waals surface area contributed by atoms with Gasteiger partial charge in [-0.05, 0) is 32.2 Å². The van der Waals surface area contributed by atoms with Crippen LogP contribution in [0.1, 0.15) is 39.5 Å². The molecule has 0 atom stereocenters. The Bertz CT molecular complexity index is 165. The van der Waals surface area contributed by atoms with Crippen LogP contribution in [-0.4, -0.2) is 48.5 Å². The van der Waals surface area contributed by atoms with Crippen molar-refractivity contribution < 1.29 is 9.84 Å². The lowest BCUT2D eigenvalue weighted by molar-refractivity contribution is -0.0812. The summed E-state index contributed by atoms with van der Waals surface area (Å²) in [6.07, 6.45) is 3.94. The summed E-state index contributed by atoms with van der Waals surface area (Å²) in [4.78, 5) is 2.42. The lowest BCUT2D eigenvalue weighted by Gasteiger charge is -2.37. The van der Waals surface area contributed by atoms with Crippen LogP contribution in [0.5, 0.6) is 0 Å². The Morgan fingerprint density at radius 2 is 1.87 bits per heavy atom. The molecule has 0 aromatic carbocycles. The molecular formula is C12H25NO2. The molecule has 15 heavy (non-hydrogen) atoms. The monoisotopic (exact) mass is 215 g/mol. The molecule has 1 fully saturated rings. The molecule has 0 aromatic rings. The van der Waals surface area contributed by atoms with Gasteiger partial charge in [-0.2, -0.15) is 0 Å². The van der Waals surface area contributed by atoms with Gasteiger partial charge in [0.1, 0.15) is 0 Å². The predicted molar refractivity (Wildman–Crippen MR) is 62.0 cm³/mol. The van der Waals surface area contributed by atoms with Crippen molar-refractivity contribution in [2.75, 3.05) is 32.8 Å². The third kappa shape index (κ3) is 4.49. The van der Waals surface area contributed by atoms with Gasteiger partial charge in [0.05, 0.1) is 12.2 Å². The normalized spacial score (nSPS) is 21.8. The van der Waals surface area contributed by atoms with Crippen LogP contribution in [-0.2, 0) is 4.74 Å². The number of ether oxygens (including phenoxy) is 1. The fourth-order valence-corrected chi connectivity index (χ4v) is 2.06. The number of nitrogens with zero attached hydrogens (tertiary/aromatic N) is 1. The lowest BCUT2D eigenvalue weighted by atomic mass is 9.92. The highest BCUT2D eigenvalue weighted by Gasteiger charge is 2.31. The Hall–Kier alpha value is -0.120. The van der Waals surface area contributed by atoms with Gasteiger partial charge in [-0.1, -0.05) is 13.8 Å². The average molecular weight is 215 g/mol. The highest BCUT2D eigenvalue weighted by atomic mass is 16.5. The predicted octanol–water partition coefficient (Wildman–Crippen LogP) is 1.65. The van der Waals surface area contributed by atoms with Gasteiger partial charge < -0.3 is 14.7 Å². The van der Waals surface area contributed by atoms with Crippen molar-refractivity contribution in [3.63, 3.8) is 0 Å². The molecule has 1 saturated heterocycles. The molecular weight excluding hydrogens is 190 g/mol. The number of rotatable bonds is 6. The Morgan fingerprint density at radius 1 is 1.20 bits per heavy atom. The molecule has 0 aliphatic carbocycles. The molecule has 1 heterocycles. The zero-order chi connectivity index (χ0) is 11.1. The van der Waals surface area contributed by atoms with E-state index in [-0.39, 0.29) is 0 Å². The second-order valence-corrected chi connectivity index (χ2v) is 4.62. The third-order valence-electron chi connectivity index (χ3n) is 3.05. The van der Waals surface area contributed by atoms with Crippen molar-refractivity contribution in [2.45, 2.75) is 45.1 Å². The van der Waals surface area contributed by atoms with Crippen molar-refractivity contribution in [3.05, 3.63) is 0 Å². The number of hydrogen-bond acceptors (Lipinski definition) is 3. The van der Waals surface area contributed by atoms with E-state index in [0.717, 1.165) is 45.5 Å². The SMILES string of the molecule is CCCOCC1(O)CCN(CCC)CC1. The van der Waals surface area contributed by atoms with E-state index in [4.69, 9.17) is 4.74 Å². The first-order valence-corrected chi connectivity index (χ1v) is 6.22. The molecule has 1 aliphatic rings. The number of hydrogen-bond donors (Lipinski definition) is 1. The van der Waals surface area contributed by atoms with E-state index in [1.54, 1.807) is 0 Å². The molecule has 0 aromatic heterocycles. The smallest absolute Gasteiger partial charge is 0.0904 e. The zero-order valence-corrected chi connectivity index (χ0v) is 10.2. The van der Waals surface area contributed by atoms with Gasteiger partial charge in [0.2, 0.25) is 0 Å². The van der Waals surface area contributed by atoms with E-state index >= 15 is 0 Å². The zero-order valence-electron chi connectivity index (χ0n) is 10.2. The van der Waals surface area contributed by atoms with E-state index in [2.05, 4.69) is 18.7 Å². The van der Waals surface area contributed by atoms with Gasteiger partial charge in [-0.3, -0.25) is 0 Å². The van der Waals surface area contributed by atoms with Gasteiger partial charge in [0.25, 0.3) is 0 Å². The molecule has 0 saturated carbocycles. The Morgan fingerprint density at radius 3 is 2.40 bits per heavy atom. The summed E-state index contributed by atoms with van der Waals surface area (Å²) in [5, 5.41) is 10.2. The Kier molecular flexibility index (Phi) is 5.58. The molecule has 1 N–H and O–H groups in total. The van der Waals surface area contributed by atoms with E-state index in [9.17, 15) is 5.11 Å². The highest BCUT2D eigenvalue weighted by Crippen LogP contribution is 2.22. The molecule has 3 nitrogen and oxygen atoms in total. The van der Waals surface area contributed by atoms with Crippen LogP contribution in [0.4, 0.5) is 0 Å². The van der Waals surface area contributed by atoms with Gasteiger partial charge in [-0.25, -0.2) is 0 Å². The van der Waals surface area contributed by atoms with Crippen LogP contribution in [0.2, 0.25) is 0 Å². The van der Waals surface area contributed by atoms with Gasteiger partial charge in [0.15, 0.2) is 0 Å². The summed E-state index contributed by atoms with van der Waals surface area (Å²) in [6.45, 7) is 8.76. The molecule has 90 valence electrons.